The number of piperazine rings is 1. The molecule has 2 aliphatic heterocycles. The van der Waals surface area contributed by atoms with Crippen LogP contribution in [0.15, 0.2) is 117 Å². The van der Waals surface area contributed by atoms with Gasteiger partial charge in [-0.1, -0.05) is 61.4 Å². The fourth-order valence-corrected chi connectivity index (χ4v) is 13.3. The molecule has 2 heterocycles. The number of alkyl halides is 3. The van der Waals surface area contributed by atoms with Gasteiger partial charge in [-0.25, -0.2) is 21.6 Å². The number of carbonyl (C=O) groups excluding carboxylic acids is 2. The van der Waals surface area contributed by atoms with Gasteiger partial charge in [0.2, 0.25) is 0 Å². The number of halogens is 4. The lowest BCUT2D eigenvalue weighted by Gasteiger charge is -2.39. The number of hydrogen-bond acceptors (Lipinski definition) is 13. The average Bonchev–Trinajstić information content (AvgIpc) is 3.36. The second-order valence-electron chi connectivity index (χ2n) is 20.1. The number of nitrogens with zero attached hydrogens (tertiary/aromatic N) is 3. The van der Waals surface area contributed by atoms with Crippen LogP contribution in [0.5, 0.6) is 0 Å². The number of anilines is 2. The molecule has 0 radical (unpaired) electrons. The van der Waals surface area contributed by atoms with Crippen molar-refractivity contribution >= 4 is 79.6 Å². The maximum absolute atomic E-state index is 14.3. The van der Waals surface area contributed by atoms with Crippen molar-refractivity contribution in [3.63, 3.8) is 0 Å². The topological polar surface area (TPSA) is 203 Å². The van der Waals surface area contributed by atoms with Crippen LogP contribution in [-0.2, 0) is 34.0 Å². The van der Waals surface area contributed by atoms with Crippen LogP contribution in [-0.4, -0.2) is 131 Å². The molecule has 2 fully saturated rings. The Morgan fingerprint density at radius 1 is 0.893 bits per heavy atom. The molecule has 2 saturated heterocycles. The highest BCUT2D eigenvalue weighted by atomic mass is 35.5. The molecular formula is C52H64ClF3N5O10PS3. The highest BCUT2D eigenvalue weighted by Crippen LogP contribution is 2.43. The van der Waals surface area contributed by atoms with Gasteiger partial charge in [-0.15, -0.1) is 11.8 Å². The molecule has 4 N–H and O–H groups in total. The fraction of sp³-hybridized carbons (Fsp3) is 0.462. The van der Waals surface area contributed by atoms with Crippen LogP contribution in [0.4, 0.5) is 24.5 Å². The van der Waals surface area contributed by atoms with E-state index >= 15 is 0 Å². The van der Waals surface area contributed by atoms with E-state index in [1.165, 1.54) is 40.6 Å². The number of thioether (sulfide) groups is 1. The monoisotopic (exact) mass is 1140 g/mol. The van der Waals surface area contributed by atoms with Gasteiger partial charge in [-0.05, 0) is 141 Å². The van der Waals surface area contributed by atoms with E-state index in [1.54, 1.807) is 12.1 Å². The van der Waals surface area contributed by atoms with E-state index < -0.39 is 78.4 Å². The van der Waals surface area contributed by atoms with E-state index in [0.29, 0.717) is 63.1 Å². The molecule has 0 bridgehead atoms. The number of likely N-dealkylation sites (tertiary alicyclic amines) is 1. The van der Waals surface area contributed by atoms with Gasteiger partial charge in [0, 0.05) is 72.2 Å². The lowest BCUT2D eigenvalue weighted by atomic mass is 9.73. The summed E-state index contributed by atoms with van der Waals surface area (Å²) in [5, 5.41) is 3.66. The normalized spacial score (nSPS) is 17.9. The summed E-state index contributed by atoms with van der Waals surface area (Å²) in [4.78, 5) is 49.5. The first kappa shape index (κ1) is 58.2. The van der Waals surface area contributed by atoms with Crippen LogP contribution in [0.3, 0.4) is 0 Å². The van der Waals surface area contributed by atoms with Crippen LogP contribution in [0, 0.1) is 11.3 Å². The van der Waals surface area contributed by atoms with Gasteiger partial charge in [-0.3, -0.25) is 19.1 Å². The molecule has 0 aromatic heterocycles. The molecule has 1 atom stereocenters. The van der Waals surface area contributed by atoms with Gasteiger partial charge >= 0.3 is 19.1 Å². The van der Waals surface area contributed by atoms with Crippen molar-refractivity contribution in [2.75, 3.05) is 81.1 Å². The maximum atomic E-state index is 14.3. The van der Waals surface area contributed by atoms with Crippen molar-refractivity contribution in [3.05, 3.63) is 119 Å². The number of sulfonamides is 1. The van der Waals surface area contributed by atoms with Crippen molar-refractivity contribution in [1.82, 2.24) is 14.5 Å². The van der Waals surface area contributed by atoms with Crippen LogP contribution in [0.1, 0.15) is 74.7 Å². The summed E-state index contributed by atoms with van der Waals surface area (Å²) in [5.74, 6) is -1.69. The first-order chi connectivity index (χ1) is 35.4. The zero-order valence-electron chi connectivity index (χ0n) is 41.8. The Balaban J connectivity index is 0.992. The molecule has 408 valence electrons. The Morgan fingerprint density at radius 2 is 1.56 bits per heavy atom. The molecule has 7 rings (SSSR count). The Hall–Kier alpha value is -4.44. The standard InChI is InChI=1S/C52H64ClF3N5O10PS3/c1-51(2)23-19-46(37-9-13-41(53)14-10-37)40(34-51)35-60-27-29-61(30-28-60)43-15-11-38(12-16-43)49(62)58-75(69,70)45-17-18-47(48(33-45)74(67,68)52(54,55)56)57-42(36-73-44-7-4-3-5-8-44)22-26-59-24-20-39(21-25-59)50(63)71-31-6-32-72(64,65)66/h3-5,7-18,33,39,42,57H,6,19-32,34-36H2,1-2H3,(H,58,62)(H2,64,65,66). The van der Waals surface area contributed by atoms with Gasteiger partial charge in [-0.2, -0.15) is 13.2 Å². The zero-order chi connectivity index (χ0) is 54.2. The number of esters is 1. The minimum Gasteiger partial charge on any atom is -0.465 e. The number of sulfone groups is 1. The molecule has 3 aliphatic rings. The minimum absolute atomic E-state index is 0.0210. The van der Waals surface area contributed by atoms with Crippen LogP contribution >= 0.6 is 31.0 Å². The lowest BCUT2D eigenvalue weighted by molar-refractivity contribution is -0.150. The average molecular weight is 1140 g/mol. The van der Waals surface area contributed by atoms with Crippen LogP contribution in [0.25, 0.3) is 5.57 Å². The summed E-state index contributed by atoms with van der Waals surface area (Å²) in [7, 11) is -15.3. The number of allylic oxidation sites excluding steroid dienone is 1. The Bertz CT molecular complexity index is 2930. The predicted molar refractivity (Wildman–Crippen MR) is 286 cm³/mol. The number of benzene rings is 4. The summed E-state index contributed by atoms with van der Waals surface area (Å²) in [6.45, 7) is 9.69. The first-order valence-corrected chi connectivity index (χ1v) is 30.9. The summed E-state index contributed by atoms with van der Waals surface area (Å²) in [5.41, 5.74) is -1.31. The summed E-state index contributed by atoms with van der Waals surface area (Å²) in [6.07, 6.45) is 3.89. The van der Waals surface area contributed by atoms with Crippen LogP contribution in [0.2, 0.25) is 5.02 Å². The minimum atomic E-state index is -6.15. The van der Waals surface area contributed by atoms with Gasteiger partial charge in [0.1, 0.15) is 4.90 Å². The molecule has 4 aromatic carbocycles. The van der Waals surface area contributed by atoms with E-state index in [9.17, 15) is 44.2 Å². The first-order valence-electron chi connectivity index (χ1n) is 24.8. The molecule has 4 aromatic rings. The maximum Gasteiger partial charge on any atom is 0.501 e. The largest absolute Gasteiger partial charge is 0.501 e. The van der Waals surface area contributed by atoms with Crippen molar-refractivity contribution in [2.45, 2.75) is 85.0 Å². The van der Waals surface area contributed by atoms with E-state index in [2.05, 4.69) is 46.0 Å². The molecule has 0 saturated carbocycles. The Kier molecular flexibility index (Phi) is 19.3. The molecule has 1 amide bonds. The second kappa shape index (κ2) is 24.9. The summed E-state index contributed by atoms with van der Waals surface area (Å²) < 4.78 is 115. The molecule has 1 aliphatic carbocycles. The van der Waals surface area contributed by atoms with E-state index in [4.69, 9.17) is 26.1 Å². The second-order valence-corrected chi connectivity index (χ2v) is 27.0. The van der Waals surface area contributed by atoms with E-state index in [0.717, 1.165) is 61.6 Å². The van der Waals surface area contributed by atoms with E-state index in [1.807, 2.05) is 47.2 Å². The van der Waals surface area contributed by atoms with Gasteiger partial charge < -0.3 is 29.6 Å². The zero-order valence-corrected chi connectivity index (χ0v) is 45.9. The van der Waals surface area contributed by atoms with Crippen molar-refractivity contribution in [1.29, 1.82) is 0 Å². The number of hydrogen-bond donors (Lipinski definition) is 4. The van der Waals surface area contributed by atoms with Crippen molar-refractivity contribution in [3.8, 4) is 0 Å². The number of ether oxygens (including phenoxy) is 1. The molecule has 75 heavy (non-hydrogen) atoms. The smallest absolute Gasteiger partial charge is 0.465 e. The highest BCUT2D eigenvalue weighted by molar-refractivity contribution is 7.99. The molecule has 0 spiro atoms. The molecule has 23 heteroatoms. The quantitative estimate of drug-likeness (QED) is 0.0266. The number of amides is 1. The highest BCUT2D eigenvalue weighted by Gasteiger charge is 2.48. The molecule has 15 nitrogen and oxygen atoms in total. The third-order valence-electron chi connectivity index (χ3n) is 13.8. The predicted octanol–water partition coefficient (Wildman–Crippen LogP) is 9.32. The van der Waals surface area contributed by atoms with Crippen LogP contribution < -0.4 is 14.9 Å². The Labute approximate surface area is 446 Å². The van der Waals surface area contributed by atoms with E-state index in [-0.39, 0.29) is 29.8 Å². The van der Waals surface area contributed by atoms with Crippen molar-refractivity contribution in [2.24, 2.45) is 11.3 Å². The number of piperidine rings is 1. The summed E-state index contributed by atoms with van der Waals surface area (Å²) in [6, 6.07) is 25.1. The third kappa shape index (κ3) is 16.3. The number of rotatable bonds is 21. The lowest BCUT2D eigenvalue weighted by Crippen LogP contribution is -2.47. The number of carbonyl (C=O) groups is 2. The summed E-state index contributed by atoms with van der Waals surface area (Å²) >= 11 is 7.57. The Morgan fingerprint density at radius 3 is 2.20 bits per heavy atom. The number of nitrogens with one attached hydrogen (secondary N) is 2. The van der Waals surface area contributed by atoms with Crippen molar-refractivity contribution < 1.29 is 58.7 Å². The molecular weight excluding hydrogens is 1070 g/mol. The van der Waals surface area contributed by atoms with Gasteiger partial charge in [0.15, 0.2) is 0 Å². The van der Waals surface area contributed by atoms with Gasteiger partial charge in [0.25, 0.3) is 25.8 Å². The third-order valence-corrected chi connectivity index (χ3v) is 19.0. The molecule has 1 unspecified atom stereocenters. The van der Waals surface area contributed by atoms with Gasteiger partial charge in [0.05, 0.1) is 29.3 Å². The SMILES string of the molecule is CC1(C)CCC(c2ccc(Cl)cc2)=C(CN2CCN(c3ccc(C(=O)NS(=O)(=O)c4ccc(NC(CCN5CCC(C(=O)OCCCP(=O)(O)O)CC5)CSc5ccccc5)c(S(=O)(=O)C(F)(F)F)c4)cc3)CC2)C1. The fourth-order valence-electron chi connectivity index (χ4n) is 9.62.